The molecule has 0 saturated heterocycles. The van der Waals surface area contributed by atoms with Crippen molar-refractivity contribution in [1.82, 2.24) is 9.97 Å². The van der Waals surface area contributed by atoms with E-state index in [1.165, 1.54) is 11.1 Å². The van der Waals surface area contributed by atoms with Gasteiger partial charge in [0.05, 0.1) is 12.7 Å². The molecular formula is C26H24N2O3. The molecule has 0 radical (unpaired) electrons. The highest BCUT2D eigenvalue weighted by Crippen LogP contribution is 2.24. The van der Waals surface area contributed by atoms with Gasteiger partial charge in [-0.25, -0.2) is 9.78 Å². The first kappa shape index (κ1) is 20.4. The quantitative estimate of drug-likeness (QED) is 0.419. The maximum absolute atomic E-state index is 11.5. The maximum atomic E-state index is 11.5. The summed E-state index contributed by atoms with van der Waals surface area (Å²) in [5.74, 6) is 0.901. The lowest BCUT2D eigenvalue weighted by Gasteiger charge is -2.07. The molecule has 5 heteroatoms. The van der Waals surface area contributed by atoms with E-state index in [1.807, 2.05) is 42.6 Å². The molecule has 1 heterocycles. The minimum Gasteiger partial charge on any atom is -0.497 e. The summed E-state index contributed by atoms with van der Waals surface area (Å²) in [7, 11) is 1.67. The molecule has 156 valence electrons. The number of carbonyl (C=O) groups is 1. The summed E-state index contributed by atoms with van der Waals surface area (Å²) >= 11 is 0. The van der Waals surface area contributed by atoms with Gasteiger partial charge in [0.1, 0.15) is 11.6 Å². The lowest BCUT2D eigenvalue weighted by Crippen LogP contribution is -1.99. The predicted molar refractivity (Wildman–Crippen MR) is 121 cm³/mol. The fourth-order valence-corrected chi connectivity index (χ4v) is 3.62. The average molecular weight is 412 g/mol. The van der Waals surface area contributed by atoms with Crippen LogP contribution < -0.4 is 4.74 Å². The van der Waals surface area contributed by atoms with Gasteiger partial charge in [-0.2, -0.15) is 0 Å². The van der Waals surface area contributed by atoms with Gasteiger partial charge in [0.25, 0.3) is 0 Å². The van der Waals surface area contributed by atoms with Crippen molar-refractivity contribution in [1.29, 1.82) is 0 Å². The summed E-state index contributed by atoms with van der Waals surface area (Å²) < 4.78 is 5.20. The highest BCUT2D eigenvalue weighted by atomic mass is 16.5. The van der Waals surface area contributed by atoms with E-state index in [-0.39, 0.29) is 0 Å². The Kier molecular flexibility index (Phi) is 6.13. The number of hydrogen-bond acceptors (Lipinski definition) is 3. The minimum absolute atomic E-state index is 0.315. The number of carboxylic acids is 1. The number of imidazole rings is 1. The molecule has 0 aliphatic rings. The van der Waals surface area contributed by atoms with Crippen LogP contribution in [0.3, 0.4) is 0 Å². The number of nitrogens with zero attached hydrogens (tertiary/aromatic N) is 1. The van der Waals surface area contributed by atoms with Crippen LogP contribution in [0.4, 0.5) is 0 Å². The van der Waals surface area contributed by atoms with Gasteiger partial charge in [0, 0.05) is 24.7 Å². The van der Waals surface area contributed by atoms with Gasteiger partial charge in [-0.05, 0) is 46.9 Å². The van der Waals surface area contributed by atoms with Gasteiger partial charge in [0.2, 0.25) is 0 Å². The van der Waals surface area contributed by atoms with Gasteiger partial charge in [0.15, 0.2) is 0 Å². The number of nitrogens with one attached hydrogen (secondary N) is 1. The minimum atomic E-state index is -0.914. The normalized spacial score (nSPS) is 10.7. The van der Waals surface area contributed by atoms with Crippen molar-refractivity contribution in [3.63, 3.8) is 0 Å². The van der Waals surface area contributed by atoms with Crippen molar-refractivity contribution in [2.45, 2.75) is 19.3 Å². The Labute approximate surface area is 181 Å². The van der Waals surface area contributed by atoms with Crippen LogP contribution in [0.2, 0.25) is 0 Å². The van der Waals surface area contributed by atoms with E-state index >= 15 is 0 Å². The highest BCUT2D eigenvalue weighted by molar-refractivity contribution is 5.95. The molecular weight excluding hydrogens is 388 g/mol. The summed E-state index contributed by atoms with van der Waals surface area (Å²) in [6.07, 6.45) is 4.37. The SMILES string of the molecule is COc1ccc(Cc2cnc(CCc3ccc(-c4ccccc4C(=O)O)cc3)[nH]2)cc1. The van der Waals surface area contributed by atoms with E-state index in [2.05, 4.69) is 34.2 Å². The van der Waals surface area contributed by atoms with Crippen molar-refractivity contribution in [3.05, 3.63) is 107 Å². The van der Waals surface area contributed by atoms with Crippen LogP contribution in [0.1, 0.15) is 33.0 Å². The van der Waals surface area contributed by atoms with Gasteiger partial charge >= 0.3 is 5.97 Å². The molecule has 0 bridgehead atoms. The fraction of sp³-hybridized carbons (Fsp3) is 0.154. The van der Waals surface area contributed by atoms with Crippen LogP contribution >= 0.6 is 0 Å². The van der Waals surface area contributed by atoms with Crippen LogP contribution in [0, 0.1) is 0 Å². The van der Waals surface area contributed by atoms with Gasteiger partial charge in [-0.3, -0.25) is 0 Å². The number of hydrogen-bond donors (Lipinski definition) is 2. The summed E-state index contributed by atoms with van der Waals surface area (Å²) in [6, 6.07) is 23.2. The third-order valence-electron chi connectivity index (χ3n) is 5.31. The van der Waals surface area contributed by atoms with E-state index < -0.39 is 5.97 Å². The van der Waals surface area contributed by atoms with Crippen molar-refractivity contribution in [2.75, 3.05) is 7.11 Å². The molecule has 5 nitrogen and oxygen atoms in total. The van der Waals surface area contributed by atoms with Crippen LogP contribution in [-0.2, 0) is 19.3 Å². The van der Waals surface area contributed by atoms with Crippen LogP contribution in [0.25, 0.3) is 11.1 Å². The van der Waals surface area contributed by atoms with Crippen molar-refractivity contribution >= 4 is 5.97 Å². The number of ether oxygens (including phenoxy) is 1. The predicted octanol–water partition coefficient (Wildman–Crippen LogP) is 5.16. The monoisotopic (exact) mass is 412 g/mol. The summed E-state index contributed by atoms with van der Waals surface area (Å²) in [6.45, 7) is 0. The molecule has 0 spiro atoms. The maximum Gasteiger partial charge on any atom is 0.336 e. The molecule has 1 aromatic heterocycles. The van der Waals surface area contributed by atoms with E-state index in [1.54, 1.807) is 19.2 Å². The van der Waals surface area contributed by atoms with Crippen molar-refractivity contribution in [2.24, 2.45) is 0 Å². The zero-order chi connectivity index (χ0) is 21.6. The molecule has 2 N–H and O–H groups in total. The Bertz CT molecular complexity index is 1160. The molecule has 0 saturated carbocycles. The van der Waals surface area contributed by atoms with Crippen molar-refractivity contribution < 1.29 is 14.6 Å². The first-order chi connectivity index (χ1) is 15.1. The van der Waals surface area contributed by atoms with E-state index in [4.69, 9.17) is 4.74 Å². The lowest BCUT2D eigenvalue weighted by atomic mass is 9.98. The standard InChI is InChI=1S/C26H24N2O3/c1-31-22-13-8-19(9-14-22)16-21-17-27-25(28-21)15-10-18-6-11-20(12-7-18)23-4-2-3-5-24(23)26(29)30/h2-9,11-14,17H,10,15-16H2,1H3,(H,27,28)(H,29,30). The number of rotatable bonds is 8. The number of aromatic carboxylic acids is 1. The molecule has 0 fully saturated rings. The highest BCUT2D eigenvalue weighted by Gasteiger charge is 2.10. The molecule has 0 aliphatic heterocycles. The summed E-state index contributed by atoms with van der Waals surface area (Å²) in [4.78, 5) is 19.4. The molecule has 3 aromatic carbocycles. The van der Waals surface area contributed by atoms with Crippen LogP contribution in [0.15, 0.2) is 79.0 Å². The average Bonchev–Trinajstić information content (AvgIpc) is 3.26. The first-order valence-corrected chi connectivity index (χ1v) is 10.2. The van der Waals surface area contributed by atoms with Gasteiger partial charge in [-0.1, -0.05) is 54.6 Å². The third kappa shape index (κ3) is 5.01. The van der Waals surface area contributed by atoms with E-state index in [0.717, 1.165) is 47.7 Å². The first-order valence-electron chi connectivity index (χ1n) is 10.2. The Morgan fingerprint density at radius 1 is 0.935 bits per heavy atom. The number of aryl methyl sites for hydroxylation is 2. The molecule has 0 unspecified atom stereocenters. The number of carboxylic acid groups (broad SMARTS) is 1. The zero-order valence-corrected chi connectivity index (χ0v) is 17.3. The molecule has 31 heavy (non-hydrogen) atoms. The lowest BCUT2D eigenvalue weighted by molar-refractivity contribution is 0.0697. The molecule has 0 amide bonds. The van der Waals surface area contributed by atoms with E-state index in [9.17, 15) is 9.90 Å². The second kappa shape index (κ2) is 9.30. The number of H-pyrrole nitrogens is 1. The second-order valence-electron chi connectivity index (χ2n) is 7.43. The molecule has 0 aliphatic carbocycles. The molecule has 0 atom stereocenters. The Hall–Kier alpha value is -3.86. The Morgan fingerprint density at radius 2 is 1.65 bits per heavy atom. The van der Waals surface area contributed by atoms with E-state index in [0.29, 0.717) is 5.56 Å². The van der Waals surface area contributed by atoms with Crippen LogP contribution in [-0.4, -0.2) is 28.2 Å². The Morgan fingerprint density at radius 3 is 2.35 bits per heavy atom. The number of aromatic nitrogens is 2. The van der Waals surface area contributed by atoms with Gasteiger partial charge < -0.3 is 14.8 Å². The number of aromatic amines is 1. The Balaban J connectivity index is 1.37. The molecule has 4 aromatic rings. The fourth-order valence-electron chi connectivity index (χ4n) is 3.62. The zero-order valence-electron chi connectivity index (χ0n) is 17.3. The van der Waals surface area contributed by atoms with Crippen molar-refractivity contribution in [3.8, 4) is 16.9 Å². The van der Waals surface area contributed by atoms with Crippen LogP contribution in [0.5, 0.6) is 5.75 Å². The van der Waals surface area contributed by atoms with Gasteiger partial charge in [-0.15, -0.1) is 0 Å². The molecule has 4 rings (SSSR count). The second-order valence-corrected chi connectivity index (χ2v) is 7.43. The largest absolute Gasteiger partial charge is 0.497 e. The smallest absolute Gasteiger partial charge is 0.336 e. The summed E-state index contributed by atoms with van der Waals surface area (Å²) in [5.41, 5.74) is 5.42. The summed E-state index contributed by atoms with van der Waals surface area (Å²) in [5, 5.41) is 9.39. The number of methoxy groups -OCH3 is 1. The topological polar surface area (TPSA) is 75.2 Å². The number of benzene rings is 3. The third-order valence-corrected chi connectivity index (χ3v) is 5.31.